The molecule has 5 nitrogen and oxygen atoms in total. The van der Waals surface area contributed by atoms with Crippen LogP contribution in [0.1, 0.15) is 26.2 Å². The van der Waals surface area contributed by atoms with Gasteiger partial charge in [0, 0.05) is 31.5 Å². The normalized spacial score (nSPS) is 23.2. The third-order valence-electron chi connectivity index (χ3n) is 2.29. The van der Waals surface area contributed by atoms with Crippen molar-refractivity contribution >= 4 is 11.9 Å². The molecule has 80 valence electrons. The van der Waals surface area contributed by atoms with Crippen LogP contribution in [0.15, 0.2) is 0 Å². The van der Waals surface area contributed by atoms with E-state index in [9.17, 15) is 9.59 Å². The molecule has 1 amide bonds. The number of carbonyl (C=O) groups excluding carboxylic acids is 1. The van der Waals surface area contributed by atoms with Crippen molar-refractivity contribution in [2.45, 2.75) is 38.3 Å². The molecule has 3 N–H and O–H groups in total. The van der Waals surface area contributed by atoms with Gasteiger partial charge in [0.1, 0.15) is 0 Å². The molecular formula is C9H16N2O3. The highest BCUT2D eigenvalue weighted by Crippen LogP contribution is 2.03. The van der Waals surface area contributed by atoms with Gasteiger partial charge in [0.15, 0.2) is 0 Å². The molecule has 0 radical (unpaired) electrons. The highest BCUT2D eigenvalue weighted by Gasteiger charge is 2.22. The third kappa shape index (κ3) is 3.74. The van der Waals surface area contributed by atoms with Gasteiger partial charge in [-0.05, 0) is 13.3 Å². The summed E-state index contributed by atoms with van der Waals surface area (Å²) < 4.78 is 0. The molecule has 1 heterocycles. The number of hydrogen-bond donors (Lipinski definition) is 3. The second-order valence-corrected chi connectivity index (χ2v) is 3.71. The van der Waals surface area contributed by atoms with Crippen LogP contribution in [-0.2, 0) is 9.59 Å². The number of rotatable bonds is 5. The second kappa shape index (κ2) is 4.95. The standard InChI is InChI=1S/C9H16N2O3/c1-6(2-3-9(13)14)11-7-4-8(12)10-5-7/h6-7,11H,2-5H2,1H3,(H,10,12)(H,13,14). The van der Waals surface area contributed by atoms with Crippen LogP contribution in [0.2, 0.25) is 0 Å². The average molecular weight is 200 g/mol. The number of hydrogen-bond acceptors (Lipinski definition) is 3. The Kier molecular flexibility index (Phi) is 3.88. The minimum Gasteiger partial charge on any atom is -0.481 e. The Morgan fingerprint density at radius 3 is 3.00 bits per heavy atom. The quantitative estimate of drug-likeness (QED) is 0.570. The third-order valence-corrected chi connectivity index (χ3v) is 2.29. The maximum atomic E-state index is 10.9. The Labute approximate surface area is 82.9 Å². The minimum absolute atomic E-state index is 0.0629. The molecule has 1 rings (SSSR count). The number of carboxylic acids is 1. The van der Waals surface area contributed by atoms with Crippen molar-refractivity contribution in [3.05, 3.63) is 0 Å². The highest BCUT2D eigenvalue weighted by molar-refractivity contribution is 5.78. The summed E-state index contributed by atoms with van der Waals surface area (Å²) in [5.41, 5.74) is 0. The average Bonchev–Trinajstić information content (AvgIpc) is 2.48. The van der Waals surface area contributed by atoms with E-state index in [0.717, 1.165) is 0 Å². The first-order valence-corrected chi connectivity index (χ1v) is 4.82. The molecule has 5 heteroatoms. The summed E-state index contributed by atoms with van der Waals surface area (Å²) in [6, 6.07) is 0.301. The molecule has 0 bridgehead atoms. The van der Waals surface area contributed by atoms with Gasteiger partial charge in [-0.3, -0.25) is 9.59 Å². The fourth-order valence-electron chi connectivity index (χ4n) is 1.55. The summed E-state index contributed by atoms with van der Waals surface area (Å²) in [4.78, 5) is 21.2. The topological polar surface area (TPSA) is 78.4 Å². The molecule has 0 aromatic carbocycles. The molecule has 0 spiro atoms. The number of carboxylic acid groups (broad SMARTS) is 1. The number of aliphatic carboxylic acids is 1. The van der Waals surface area contributed by atoms with Crippen molar-refractivity contribution in [1.82, 2.24) is 10.6 Å². The predicted octanol–water partition coefficient (Wildman–Crippen LogP) is -0.282. The van der Waals surface area contributed by atoms with Crippen LogP contribution in [0.5, 0.6) is 0 Å². The molecule has 2 unspecified atom stereocenters. The first-order valence-electron chi connectivity index (χ1n) is 4.82. The van der Waals surface area contributed by atoms with Gasteiger partial charge in [-0.1, -0.05) is 0 Å². The van der Waals surface area contributed by atoms with E-state index in [1.807, 2.05) is 6.92 Å². The van der Waals surface area contributed by atoms with Crippen molar-refractivity contribution in [3.63, 3.8) is 0 Å². The molecule has 2 atom stereocenters. The summed E-state index contributed by atoms with van der Waals surface area (Å²) in [6.45, 7) is 2.59. The van der Waals surface area contributed by atoms with E-state index in [2.05, 4.69) is 10.6 Å². The molecule has 0 aliphatic carbocycles. The van der Waals surface area contributed by atoms with E-state index < -0.39 is 5.97 Å². The first kappa shape index (κ1) is 11.0. The maximum absolute atomic E-state index is 10.9. The zero-order valence-electron chi connectivity index (χ0n) is 8.25. The SMILES string of the molecule is CC(CCC(=O)O)NC1CNC(=O)C1. The fourth-order valence-corrected chi connectivity index (χ4v) is 1.55. The van der Waals surface area contributed by atoms with Gasteiger partial charge < -0.3 is 15.7 Å². The second-order valence-electron chi connectivity index (χ2n) is 3.71. The monoisotopic (exact) mass is 200 g/mol. The van der Waals surface area contributed by atoms with E-state index >= 15 is 0 Å². The van der Waals surface area contributed by atoms with Gasteiger partial charge in [0.25, 0.3) is 0 Å². The van der Waals surface area contributed by atoms with Gasteiger partial charge in [-0.2, -0.15) is 0 Å². The lowest BCUT2D eigenvalue weighted by Gasteiger charge is -2.16. The van der Waals surface area contributed by atoms with Crippen molar-refractivity contribution in [3.8, 4) is 0 Å². The Morgan fingerprint density at radius 1 is 1.79 bits per heavy atom. The van der Waals surface area contributed by atoms with Crippen molar-refractivity contribution in [2.24, 2.45) is 0 Å². The fraction of sp³-hybridized carbons (Fsp3) is 0.778. The Hall–Kier alpha value is -1.10. The zero-order chi connectivity index (χ0) is 10.6. The van der Waals surface area contributed by atoms with E-state index in [-0.39, 0.29) is 24.4 Å². The van der Waals surface area contributed by atoms with Gasteiger partial charge in [-0.15, -0.1) is 0 Å². The van der Waals surface area contributed by atoms with Crippen molar-refractivity contribution < 1.29 is 14.7 Å². The lowest BCUT2D eigenvalue weighted by Crippen LogP contribution is -2.38. The van der Waals surface area contributed by atoms with Crippen LogP contribution in [-0.4, -0.2) is 35.6 Å². The van der Waals surface area contributed by atoms with Crippen LogP contribution in [0.25, 0.3) is 0 Å². The Balaban J connectivity index is 2.16. The first-order chi connectivity index (χ1) is 6.58. The molecule has 0 aromatic rings. The molecule has 0 aromatic heterocycles. The van der Waals surface area contributed by atoms with Gasteiger partial charge >= 0.3 is 5.97 Å². The molecular weight excluding hydrogens is 184 g/mol. The molecule has 1 aliphatic heterocycles. The van der Waals surface area contributed by atoms with Crippen LogP contribution < -0.4 is 10.6 Å². The summed E-state index contributed by atoms with van der Waals surface area (Å²) in [5.74, 6) is -0.716. The van der Waals surface area contributed by atoms with Crippen LogP contribution >= 0.6 is 0 Å². The molecule has 1 saturated heterocycles. The molecule has 1 aliphatic rings. The predicted molar refractivity (Wildman–Crippen MR) is 50.9 cm³/mol. The molecule has 0 saturated carbocycles. The van der Waals surface area contributed by atoms with Crippen LogP contribution in [0.4, 0.5) is 0 Å². The Bertz CT molecular complexity index is 230. The lowest BCUT2D eigenvalue weighted by atomic mass is 10.1. The largest absolute Gasteiger partial charge is 0.481 e. The molecule has 14 heavy (non-hydrogen) atoms. The minimum atomic E-state index is -0.778. The molecule has 1 fully saturated rings. The summed E-state index contributed by atoms with van der Waals surface area (Å²) in [7, 11) is 0. The van der Waals surface area contributed by atoms with E-state index in [0.29, 0.717) is 19.4 Å². The van der Waals surface area contributed by atoms with E-state index in [4.69, 9.17) is 5.11 Å². The van der Waals surface area contributed by atoms with Crippen molar-refractivity contribution in [1.29, 1.82) is 0 Å². The maximum Gasteiger partial charge on any atom is 0.303 e. The lowest BCUT2D eigenvalue weighted by molar-refractivity contribution is -0.137. The summed E-state index contributed by atoms with van der Waals surface area (Å²) in [6.07, 6.45) is 1.26. The van der Waals surface area contributed by atoms with Crippen LogP contribution in [0, 0.1) is 0 Å². The summed E-state index contributed by atoms with van der Waals surface area (Å²) >= 11 is 0. The smallest absolute Gasteiger partial charge is 0.303 e. The number of amides is 1. The van der Waals surface area contributed by atoms with Gasteiger partial charge in [-0.25, -0.2) is 0 Å². The zero-order valence-corrected chi connectivity index (χ0v) is 8.25. The van der Waals surface area contributed by atoms with E-state index in [1.54, 1.807) is 0 Å². The number of nitrogens with one attached hydrogen (secondary N) is 2. The number of carbonyl (C=O) groups is 2. The summed E-state index contributed by atoms with van der Waals surface area (Å²) in [5, 5.41) is 14.4. The Morgan fingerprint density at radius 2 is 2.50 bits per heavy atom. The van der Waals surface area contributed by atoms with Gasteiger partial charge in [0.2, 0.25) is 5.91 Å². The highest BCUT2D eigenvalue weighted by atomic mass is 16.4. The van der Waals surface area contributed by atoms with E-state index in [1.165, 1.54) is 0 Å². The van der Waals surface area contributed by atoms with Gasteiger partial charge in [0.05, 0.1) is 0 Å². The van der Waals surface area contributed by atoms with Crippen molar-refractivity contribution in [2.75, 3.05) is 6.54 Å². The van der Waals surface area contributed by atoms with Crippen LogP contribution in [0.3, 0.4) is 0 Å².